The average Bonchev–Trinajstić information content (AvgIpc) is 2.42. The smallest absolute Gasteiger partial charge is 0.249 e. The number of rotatable bonds is 3. The fraction of sp³-hybridized carbons (Fsp3) is 0.500. The van der Waals surface area contributed by atoms with Gasteiger partial charge in [0.25, 0.3) is 0 Å². The number of nitrogens with zero attached hydrogens (tertiary/aromatic N) is 1. The minimum absolute atomic E-state index is 0.0462. The number of benzene rings is 1. The summed E-state index contributed by atoms with van der Waals surface area (Å²) in [5.41, 5.74) is 7.19. The van der Waals surface area contributed by atoms with Crippen molar-refractivity contribution in [1.29, 1.82) is 0 Å². The van der Waals surface area contributed by atoms with Crippen molar-refractivity contribution < 1.29 is 14.3 Å². The zero-order valence-corrected chi connectivity index (χ0v) is 12.8. The lowest BCUT2D eigenvalue weighted by molar-refractivity contribution is -0.148. The van der Waals surface area contributed by atoms with Crippen LogP contribution in [0.2, 0.25) is 0 Å². The highest BCUT2D eigenvalue weighted by Crippen LogP contribution is 2.23. The lowest BCUT2D eigenvalue weighted by atomic mass is 9.93. The van der Waals surface area contributed by atoms with Gasteiger partial charge in [0.15, 0.2) is 0 Å². The number of amides is 2. The van der Waals surface area contributed by atoms with Crippen molar-refractivity contribution in [2.24, 2.45) is 5.73 Å². The quantitative estimate of drug-likeness (QED) is 0.910. The zero-order chi connectivity index (χ0) is 15.6. The van der Waals surface area contributed by atoms with Gasteiger partial charge >= 0.3 is 0 Å². The van der Waals surface area contributed by atoms with E-state index in [2.05, 4.69) is 0 Å². The Morgan fingerprint density at radius 1 is 1.29 bits per heavy atom. The molecule has 5 nitrogen and oxygen atoms in total. The van der Waals surface area contributed by atoms with Crippen LogP contribution in [0, 0.1) is 0 Å². The van der Waals surface area contributed by atoms with Gasteiger partial charge in [-0.2, -0.15) is 0 Å². The average molecular weight is 290 g/mol. The first-order chi connectivity index (χ1) is 9.78. The third-order valence-corrected chi connectivity index (χ3v) is 3.53. The Balaban J connectivity index is 2.17. The molecule has 114 valence electrons. The Hall–Kier alpha value is -1.88. The van der Waals surface area contributed by atoms with Crippen LogP contribution in [-0.2, 0) is 27.3 Å². The number of fused-ring (bicyclic) bond motifs is 1. The Morgan fingerprint density at radius 2 is 1.90 bits per heavy atom. The van der Waals surface area contributed by atoms with Gasteiger partial charge in [0.05, 0.1) is 5.60 Å². The molecule has 1 aliphatic rings. The lowest BCUT2D eigenvalue weighted by Crippen LogP contribution is -2.52. The first kappa shape index (κ1) is 15.5. The summed E-state index contributed by atoms with van der Waals surface area (Å²) in [7, 11) is 0. The Labute approximate surface area is 125 Å². The highest BCUT2D eigenvalue weighted by molar-refractivity contribution is 5.88. The van der Waals surface area contributed by atoms with Crippen LogP contribution in [0.4, 0.5) is 0 Å². The topological polar surface area (TPSA) is 72.6 Å². The Bertz CT molecular complexity index is 549. The van der Waals surface area contributed by atoms with Gasteiger partial charge in [-0.15, -0.1) is 0 Å². The lowest BCUT2D eigenvalue weighted by Gasteiger charge is -2.35. The molecule has 0 radical (unpaired) electrons. The summed E-state index contributed by atoms with van der Waals surface area (Å²) in [6.45, 7) is 6.01. The highest BCUT2D eigenvalue weighted by Gasteiger charge is 2.33. The number of carbonyl (C=O) groups excluding carboxylic acids is 2. The summed E-state index contributed by atoms with van der Waals surface area (Å²) >= 11 is 0. The van der Waals surface area contributed by atoms with Gasteiger partial charge in [0, 0.05) is 13.0 Å². The van der Waals surface area contributed by atoms with Crippen molar-refractivity contribution in [2.75, 3.05) is 6.61 Å². The predicted octanol–water partition coefficient (Wildman–Crippen LogP) is 1.24. The maximum atomic E-state index is 12.4. The van der Waals surface area contributed by atoms with Crippen molar-refractivity contribution in [2.45, 2.75) is 45.4 Å². The van der Waals surface area contributed by atoms with Crippen molar-refractivity contribution in [3.63, 3.8) is 0 Å². The molecule has 21 heavy (non-hydrogen) atoms. The molecule has 0 fully saturated rings. The van der Waals surface area contributed by atoms with Gasteiger partial charge < -0.3 is 15.4 Å². The SMILES string of the molecule is CC(C)(C)OCC(=O)N1Cc2ccccc2C[C@H]1C(N)=O. The summed E-state index contributed by atoms with van der Waals surface area (Å²) in [5.74, 6) is -0.683. The predicted molar refractivity (Wildman–Crippen MR) is 79.4 cm³/mol. The van der Waals surface area contributed by atoms with Crippen LogP contribution >= 0.6 is 0 Å². The highest BCUT2D eigenvalue weighted by atomic mass is 16.5. The maximum Gasteiger partial charge on any atom is 0.249 e. The van der Waals surface area contributed by atoms with Crippen LogP contribution in [0.1, 0.15) is 31.9 Å². The molecule has 1 aromatic rings. The van der Waals surface area contributed by atoms with E-state index in [1.54, 1.807) is 0 Å². The van der Waals surface area contributed by atoms with E-state index < -0.39 is 17.6 Å². The molecule has 1 aromatic carbocycles. The van der Waals surface area contributed by atoms with E-state index in [4.69, 9.17) is 10.5 Å². The normalized spacial score (nSPS) is 18.2. The van der Waals surface area contributed by atoms with Gasteiger partial charge in [-0.25, -0.2) is 0 Å². The zero-order valence-electron chi connectivity index (χ0n) is 12.8. The fourth-order valence-electron chi connectivity index (χ4n) is 2.40. The summed E-state index contributed by atoms with van der Waals surface area (Å²) in [6.07, 6.45) is 0.465. The van der Waals surface area contributed by atoms with Gasteiger partial charge in [-0.3, -0.25) is 9.59 Å². The van der Waals surface area contributed by atoms with Crippen molar-refractivity contribution in [3.8, 4) is 0 Å². The molecule has 0 saturated heterocycles. The number of ether oxygens (including phenoxy) is 1. The third-order valence-electron chi connectivity index (χ3n) is 3.53. The molecule has 1 atom stereocenters. The second-order valence-corrected chi connectivity index (χ2v) is 6.31. The summed E-state index contributed by atoms with van der Waals surface area (Å²) in [6, 6.07) is 7.20. The van der Waals surface area contributed by atoms with Gasteiger partial charge in [0.2, 0.25) is 11.8 Å². The van der Waals surface area contributed by atoms with Crippen molar-refractivity contribution in [3.05, 3.63) is 35.4 Å². The van der Waals surface area contributed by atoms with Crippen molar-refractivity contribution in [1.82, 2.24) is 4.90 Å². The molecule has 0 aliphatic carbocycles. The second-order valence-electron chi connectivity index (χ2n) is 6.31. The van der Waals surface area contributed by atoms with E-state index in [1.165, 1.54) is 4.90 Å². The Kier molecular flexibility index (Phi) is 4.32. The molecule has 0 spiro atoms. The summed E-state index contributed by atoms with van der Waals surface area (Å²) in [4.78, 5) is 25.6. The van der Waals surface area contributed by atoms with Gasteiger partial charge in [-0.1, -0.05) is 24.3 Å². The fourth-order valence-corrected chi connectivity index (χ4v) is 2.40. The Morgan fingerprint density at radius 3 is 2.48 bits per heavy atom. The number of primary amides is 1. The molecule has 2 N–H and O–H groups in total. The third kappa shape index (κ3) is 3.82. The van der Waals surface area contributed by atoms with E-state index in [0.29, 0.717) is 13.0 Å². The largest absolute Gasteiger partial charge is 0.368 e. The summed E-state index contributed by atoms with van der Waals surface area (Å²) in [5, 5.41) is 0. The molecule has 0 saturated carbocycles. The first-order valence-electron chi connectivity index (χ1n) is 7.07. The van der Waals surface area contributed by atoms with E-state index in [1.807, 2.05) is 45.0 Å². The van der Waals surface area contributed by atoms with E-state index in [-0.39, 0.29) is 12.5 Å². The number of hydrogen-bond donors (Lipinski definition) is 1. The molecule has 1 aliphatic heterocycles. The molecule has 0 unspecified atom stereocenters. The van der Waals surface area contributed by atoms with Crippen molar-refractivity contribution >= 4 is 11.8 Å². The molecule has 1 heterocycles. The van der Waals surface area contributed by atoms with E-state index >= 15 is 0 Å². The molecule has 0 aromatic heterocycles. The standard InChI is InChI=1S/C16H22N2O3/c1-16(2,3)21-10-14(19)18-9-12-7-5-4-6-11(12)8-13(18)15(17)20/h4-7,13H,8-10H2,1-3H3,(H2,17,20)/t13-/m0/s1. The van der Waals surface area contributed by atoms with Gasteiger partial charge in [-0.05, 0) is 31.9 Å². The molecule has 2 rings (SSSR count). The van der Waals surface area contributed by atoms with Crippen LogP contribution in [-0.4, -0.2) is 35.0 Å². The van der Waals surface area contributed by atoms with Crippen LogP contribution in [0.15, 0.2) is 24.3 Å². The first-order valence-corrected chi connectivity index (χ1v) is 7.07. The minimum Gasteiger partial charge on any atom is -0.368 e. The van der Waals surface area contributed by atoms with E-state index in [9.17, 15) is 9.59 Å². The van der Waals surface area contributed by atoms with Crippen LogP contribution < -0.4 is 5.73 Å². The number of hydrogen-bond acceptors (Lipinski definition) is 3. The molecule has 0 bridgehead atoms. The van der Waals surface area contributed by atoms with Gasteiger partial charge in [0.1, 0.15) is 12.6 Å². The second kappa shape index (κ2) is 5.85. The van der Waals surface area contributed by atoms with Crippen LogP contribution in [0.5, 0.6) is 0 Å². The molecule has 5 heteroatoms. The molecule has 2 amide bonds. The van der Waals surface area contributed by atoms with E-state index in [0.717, 1.165) is 11.1 Å². The minimum atomic E-state index is -0.601. The molecular formula is C16H22N2O3. The monoisotopic (exact) mass is 290 g/mol. The molecular weight excluding hydrogens is 268 g/mol. The summed E-state index contributed by atoms with van der Waals surface area (Å²) < 4.78 is 5.52. The van der Waals surface area contributed by atoms with Crippen LogP contribution in [0.25, 0.3) is 0 Å². The van der Waals surface area contributed by atoms with Crippen LogP contribution in [0.3, 0.4) is 0 Å². The number of nitrogens with two attached hydrogens (primary N) is 1. The number of carbonyl (C=O) groups is 2. The maximum absolute atomic E-state index is 12.4.